The molecule has 0 spiro atoms. The Labute approximate surface area is 245 Å². The summed E-state index contributed by atoms with van der Waals surface area (Å²) in [4.78, 5) is 38.8. The number of carbonyl (C=O) groups is 2. The van der Waals surface area contributed by atoms with Crippen molar-refractivity contribution >= 4 is 58.2 Å². The Bertz CT molecular complexity index is 1320. The highest BCUT2D eigenvalue weighted by Gasteiger charge is 2.29. The van der Waals surface area contributed by atoms with E-state index in [4.69, 9.17) is 55.9 Å². The van der Waals surface area contributed by atoms with Crippen molar-refractivity contribution in [3.05, 3.63) is 80.1 Å². The summed E-state index contributed by atoms with van der Waals surface area (Å²) >= 11 is 24.2. The van der Waals surface area contributed by atoms with E-state index in [1.165, 1.54) is 12.3 Å². The summed E-state index contributed by atoms with van der Waals surface area (Å²) in [6, 6.07) is 10.1. The van der Waals surface area contributed by atoms with Gasteiger partial charge < -0.3 is 24.6 Å². The Morgan fingerprint density at radius 3 is 2.44 bits per heavy atom. The fraction of sp³-hybridized carbons (Fsp3) is 0.308. The maximum Gasteiger partial charge on any atom is 0.257 e. The second kappa shape index (κ2) is 13.6. The average molecular weight is 613 g/mol. The lowest BCUT2D eigenvalue weighted by Gasteiger charge is -2.34. The number of aromatic nitrogens is 2. The highest BCUT2D eigenvalue weighted by molar-refractivity contribution is 6.35. The van der Waals surface area contributed by atoms with Crippen molar-refractivity contribution in [2.45, 2.75) is 12.6 Å². The van der Waals surface area contributed by atoms with Crippen molar-refractivity contribution in [3.63, 3.8) is 0 Å². The third kappa shape index (κ3) is 8.17. The lowest BCUT2D eigenvalue weighted by Crippen LogP contribution is -2.55. The molecule has 0 radical (unpaired) electrons. The number of nitrogens with zero attached hydrogens (tertiary/aromatic N) is 4. The van der Waals surface area contributed by atoms with E-state index in [0.717, 1.165) is 13.1 Å². The number of halogens is 4. The van der Waals surface area contributed by atoms with Crippen LogP contribution in [0, 0.1) is 0 Å². The quantitative estimate of drug-likeness (QED) is 0.341. The number of amides is 2. The summed E-state index contributed by atoms with van der Waals surface area (Å²) in [5, 5.41) is 3.94. The second-order valence-electron chi connectivity index (χ2n) is 8.82. The van der Waals surface area contributed by atoms with Gasteiger partial charge in [0.25, 0.3) is 5.91 Å². The van der Waals surface area contributed by atoms with Crippen molar-refractivity contribution in [2.75, 3.05) is 39.8 Å². The first kappa shape index (κ1) is 29.3. The van der Waals surface area contributed by atoms with Crippen LogP contribution in [0.15, 0.2) is 48.7 Å². The van der Waals surface area contributed by atoms with E-state index in [-0.39, 0.29) is 51.6 Å². The zero-order valence-corrected chi connectivity index (χ0v) is 23.9. The fourth-order valence-corrected chi connectivity index (χ4v) is 4.81. The topological polar surface area (TPSA) is 96.9 Å². The molecule has 1 aliphatic heterocycles. The van der Waals surface area contributed by atoms with Crippen LogP contribution in [0.4, 0.5) is 0 Å². The third-order valence-electron chi connectivity index (χ3n) is 5.91. The van der Waals surface area contributed by atoms with Crippen LogP contribution in [0.3, 0.4) is 0 Å². The van der Waals surface area contributed by atoms with E-state index in [1.54, 1.807) is 41.3 Å². The molecule has 0 bridgehead atoms. The Morgan fingerprint density at radius 2 is 1.74 bits per heavy atom. The molecule has 39 heavy (non-hydrogen) atoms. The van der Waals surface area contributed by atoms with Gasteiger partial charge in [-0.2, -0.15) is 0 Å². The van der Waals surface area contributed by atoms with E-state index >= 15 is 0 Å². The van der Waals surface area contributed by atoms with Gasteiger partial charge in [0.05, 0.1) is 18.2 Å². The van der Waals surface area contributed by atoms with Gasteiger partial charge in [0.15, 0.2) is 0 Å². The van der Waals surface area contributed by atoms with Crippen LogP contribution < -0.4 is 10.1 Å². The average Bonchev–Trinajstić information content (AvgIpc) is 2.89. The number of benzene rings is 1. The Kier molecular flexibility index (Phi) is 10.2. The van der Waals surface area contributed by atoms with E-state index in [0.29, 0.717) is 23.7 Å². The number of hydrogen-bond donors (Lipinski definition) is 1. The van der Waals surface area contributed by atoms with Crippen LogP contribution in [0.1, 0.15) is 15.9 Å². The SMILES string of the molecule is CN1CCN(C(=O)[C@@H](COCc2cc(Cl)nc(Cl)c2)NC(=O)c2cccnc2Oc2ccc(Cl)cc2Cl)CC1. The second-order valence-corrected chi connectivity index (χ2v) is 10.4. The van der Waals surface area contributed by atoms with Gasteiger partial charge in [0.1, 0.15) is 27.7 Å². The summed E-state index contributed by atoms with van der Waals surface area (Å²) in [6.07, 6.45) is 1.48. The molecule has 9 nitrogen and oxygen atoms in total. The summed E-state index contributed by atoms with van der Waals surface area (Å²) < 4.78 is 11.6. The number of carbonyl (C=O) groups excluding carboxylic acids is 2. The van der Waals surface area contributed by atoms with E-state index in [2.05, 4.69) is 20.2 Å². The van der Waals surface area contributed by atoms with Crippen molar-refractivity contribution in [1.82, 2.24) is 25.1 Å². The van der Waals surface area contributed by atoms with Crippen molar-refractivity contribution < 1.29 is 19.1 Å². The fourth-order valence-electron chi connectivity index (χ4n) is 3.86. The Hall–Kier alpha value is -2.66. The number of likely N-dealkylation sites (N-methyl/N-ethyl adjacent to an activating group) is 1. The molecular weight excluding hydrogens is 588 g/mol. The van der Waals surface area contributed by atoms with Gasteiger partial charge in [0.2, 0.25) is 11.8 Å². The molecule has 206 valence electrons. The molecule has 3 heterocycles. The third-order valence-corrected chi connectivity index (χ3v) is 6.83. The molecule has 1 N–H and O–H groups in total. The molecule has 4 rings (SSSR count). The van der Waals surface area contributed by atoms with E-state index in [9.17, 15) is 9.59 Å². The zero-order valence-electron chi connectivity index (χ0n) is 20.9. The van der Waals surface area contributed by atoms with Gasteiger partial charge in [-0.05, 0) is 55.1 Å². The van der Waals surface area contributed by atoms with Crippen molar-refractivity contribution in [3.8, 4) is 11.6 Å². The lowest BCUT2D eigenvalue weighted by atomic mass is 10.2. The van der Waals surface area contributed by atoms with Crippen molar-refractivity contribution in [1.29, 1.82) is 0 Å². The van der Waals surface area contributed by atoms with Crippen LogP contribution in [0.5, 0.6) is 11.6 Å². The molecule has 1 aliphatic rings. The predicted octanol–water partition coefficient (Wildman–Crippen LogP) is 4.97. The van der Waals surface area contributed by atoms with Gasteiger partial charge >= 0.3 is 0 Å². The molecule has 3 aromatic rings. The first-order valence-electron chi connectivity index (χ1n) is 12.0. The number of nitrogens with one attached hydrogen (secondary N) is 1. The van der Waals surface area contributed by atoms with Gasteiger partial charge in [-0.25, -0.2) is 9.97 Å². The maximum absolute atomic E-state index is 13.5. The molecule has 1 fully saturated rings. The largest absolute Gasteiger partial charge is 0.437 e. The molecule has 1 aromatic carbocycles. The number of rotatable bonds is 9. The van der Waals surface area contributed by atoms with Crippen LogP contribution in [-0.4, -0.2) is 77.5 Å². The van der Waals surface area contributed by atoms with Gasteiger partial charge in [-0.15, -0.1) is 0 Å². The summed E-state index contributed by atoms with van der Waals surface area (Å²) in [7, 11) is 1.99. The Morgan fingerprint density at radius 1 is 1.03 bits per heavy atom. The predicted molar refractivity (Wildman–Crippen MR) is 150 cm³/mol. The van der Waals surface area contributed by atoms with Crippen LogP contribution >= 0.6 is 46.4 Å². The normalized spacial score (nSPS) is 14.6. The van der Waals surface area contributed by atoms with E-state index < -0.39 is 11.9 Å². The molecule has 2 amide bonds. The van der Waals surface area contributed by atoms with Gasteiger partial charge in [-0.3, -0.25) is 9.59 Å². The van der Waals surface area contributed by atoms with Crippen LogP contribution in [0.2, 0.25) is 20.4 Å². The maximum atomic E-state index is 13.5. The molecule has 0 unspecified atom stereocenters. The Balaban J connectivity index is 1.51. The summed E-state index contributed by atoms with van der Waals surface area (Å²) in [6.45, 7) is 2.54. The molecule has 1 saturated heterocycles. The monoisotopic (exact) mass is 611 g/mol. The van der Waals surface area contributed by atoms with Gasteiger partial charge in [-0.1, -0.05) is 46.4 Å². The first-order chi connectivity index (χ1) is 18.7. The molecule has 2 aromatic heterocycles. The molecule has 13 heteroatoms. The highest BCUT2D eigenvalue weighted by atomic mass is 35.5. The lowest BCUT2D eigenvalue weighted by molar-refractivity contribution is -0.136. The number of pyridine rings is 2. The van der Waals surface area contributed by atoms with Crippen LogP contribution in [-0.2, 0) is 16.1 Å². The smallest absolute Gasteiger partial charge is 0.257 e. The minimum Gasteiger partial charge on any atom is -0.437 e. The summed E-state index contributed by atoms with van der Waals surface area (Å²) in [5.41, 5.74) is 0.798. The summed E-state index contributed by atoms with van der Waals surface area (Å²) in [5.74, 6) is -0.521. The number of hydrogen-bond acceptors (Lipinski definition) is 7. The van der Waals surface area contributed by atoms with E-state index in [1.807, 2.05) is 7.05 Å². The minimum atomic E-state index is -0.971. The number of piperazine rings is 1. The van der Waals surface area contributed by atoms with Gasteiger partial charge in [0, 0.05) is 37.4 Å². The zero-order chi connectivity index (χ0) is 27.9. The van der Waals surface area contributed by atoms with Crippen molar-refractivity contribution in [2.24, 2.45) is 0 Å². The number of ether oxygens (including phenoxy) is 2. The van der Waals surface area contributed by atoms with Crippen LogP contribution in [0.25, 0.3) is 0 Å². The standard InChI is InChI=1S/C26H25Cl4N5O4/c1-34-7-9-35(10-8-34)26(37)20(15-38-14-16-11-22(29)33-23(30)12-16)32-24(36)18-3-2-6-31-25(18)39-21-5-4-17(27)13-19(21)28/h2-6,11-13,20H,7-10,14-15H2,1H3,(H,32,36)/t20-/m1/s1. The molecular formula is C26H25Cl4N5O4. The first-order valence-corrected chi connectivity index (χ1v) is 13.5. The molecule has 1 atom stereocenters. The molecule has 0 saturated carbocycles. The highest BCUT2D eigenvalue weighted by Crippen LogP contribution is 2.32. The minimum absolute atomic E-state index is 0.0204. The molecule has 0 aliphatic carbocycles.